The van der Waals surface area contributed by atoms with Crippen molar-refractivity contribution < 1.29 is 0 Å². The molecule has 0 fully saturated rings. The van der Waals surface area contributed by atoms with Crippen molar-refractivity contribution in [2.75, 3.05) is 0 Å². The third kappa shape index (κ3) is 5.88. The number of aromatic nitrogens is 6. The maximum Gasteiger partial charge on any atom is 0.238 e. The molecule has 62 heavy (non-hydrogen) atoms. The van der Waals surface area contributed by atoms with E-state index in [1.165, 1.54) is 10.8 Å². The van der Waals surface area contributed by atoms with E-state index in [0.717, 1.165) is 83.3 Å². The van der Waals surface area contributed by atoms with Crippen molar-refractivity contribution in [1.29, 1.82) is 0 Å². The van der Waals surface area contributed by atoms with Crippen LogP contribution >= 0.6 is 0 Å². The molecule has 8 aromatic carbocycles. The van der Waals surface area contributed by atoms with E-state index in [2.05, 4.69) is 203 Å². The lowest BCUT2D eigenvalue weighted by Crippen LogP contribution is -2.07. The van der Waals surface area contributed by atoms with Crippen LogP contribution in [0, 0.1) is 0 Å². The second-order valence-corrected chi connectivity index (χ2v) is 15.4. The van der Waals surface area contributed by atoms with Crippen LogP contribution in [0.1, 0.15) is 0 Å². The fourth-order valence-electron chi connectivity index (χ4n) is 9.00. The summed E-state index contributed by atoms with van der Waals surface area (Å²) < 4.78 is 4.57. The Hall–Kier alpha value is -8.48. The van der Waals surface area contributed by atoms with Crippen molar-refractivity contribution >= 4 is 43.6 Å². The average molecular weight is 793 g/mol. The van der Waals surface area contributed by atoms with Crippen LogP contribution in [-0.4, -0.2) is 29.1 Å². The van der Waals surface area contributed by atoms with Gasteiger partial charge >= 0.3 is 0 Å². The molecule has 4 heterocycles. The van der Waals surface area contributed by atoms with Gasteiger partial charge in [-0.3, -0.25) is 4.57 Å². The predicted octanol–water partition coefficient (Wildman–Crippen LogP) is 13.8. The van der Waals surface area contributed by atoms with Gasteiger partial charge in [0.05, 0.1) is 39.1 Å². The minimum atomic E-state index is 0.545. The molecule has 0 saturated heterocycles. The van der Waals surface area contributed by atoms with Crippen molar-refractivity contribution in [2.24, 2.45) is 0 Å². The van der Waals surface area contributed by atoms with Crippen LogP contribution in [0.15, 0.2) is 218 Å². The molecule has 6 heteroatoms. The Kier molecular flexibility index (Phi) is 8.38. The molecule has 0 aliphatic heterocycles. The highest BCUT2D eigenvalue weighted by atomic mass is 15.2. The van der Waals surface area contributed by atoms with E-state index in [0.29, 0.717) is 17.6 Å². The zero-order valence-electron chi connectivity index (χ0n) is 33.5. The average Bonchev–Trinajstić information content (AvgIpc) is 3.88. The molecule has 12 aromatic rings. The third-order valence-corrected chi connectivity index (χ3v) is 11.8. The molecule has 0 amide bonds. The highest BCUT2D eigenvalue weighted by Crippen LogP contribution is 2.40. The van der Waals surface area contributed by atoms with Gasteiger partial charge in [0, 0.05) is 49.4 Å². The Balaban J connectivity index is 1.14. The van der Waals surface area contributed by atoms with E-state index < -0.39 is 0 Å². The van der Waals surface area contributed by atoms with Gasteiger partial charge in [0.2, 0.25) is 5.95 Å². The molecule has 6 nitrogen and oxygen atoms in total. The summed E-state index contributed by atoms with van der Waals surface area (Å²) >= 11 is 0. The van der Waals surface area contributed by atoms with E-state index in [-0.39, 0.29) is 0 Å². The predicted molar refractivity (Wildman–Crippen MR) is 253 cm³/mol. The van der Waals surface area contributed by atoms with Crippen molar-refractivity contribution in [1.82, 2.24) is 29.1 Å². The summed E-state index contributed by atoms with van der Waals surface area (Å²) in [7, 11) is 0. The Labute approximate surface area is 357 Å². The Morgan fingerprint density at radius 3 is 1.45 bits per heavy atom. The minimum absolute atomic E-state index is 0.545. The Morgan fingerprint density at radius 2 is 0.790 bits per heavy atom. The largest absolute Gasteiger partial charge is 0.309 e. The quantitative estimate of drug-likeness (QED) is 0.161. The van der Waals surface area contributed by atoms with Gasteiger partial charge in [0.1, 0.15) is 0 Å². The molecular formula is C56H36N6. The summed E-state index contributed by atoms with van der Waals surface area (Å²) in [5, 5.41) is 4.62. The minimum Gasteiger partial charge on any atom is -0.309 e. The molecule has 0 spiro atoms. The number of rotatable bonds is 7. The van der Waals surface area contributed by atoms with E-state index >= 15 is 0 Å². The van der Waals surface area contributed by atoms with E-state index in [9.17, 15) is 0 Å². The van der Waals surface area contributed by atoms with E-state index in [1.54, 1.807) is 0 Å². The van der Waals surface area contributed by atoms with Crippen LogP contribution < -0.4 is 0 Å². The summed E-state index contributed by atoms with van der Waals surface area (Å²) in [5.74, 6) is 1.70. The normalized spacial score (nSPS) is 11.5. The van der Waals surface area contributed by atoms with Gasteiger partial charge in [0.15, 0.2) is 11.6 Å². The Morgan fingerprint density at radius 1 is 0.290 bits per heavy atom. The molecule has 290 valence electrons. The molecule has 4 aromatic heterocycles. The van der Waals surface area contributed by atoms with Crippen LogP contribution in [0.2, 0.25) is 0 Å². The molecule has 0 aliphatic carbocycles. The van der Waals surface area contributed by atoms with Crippen LogP contribution in [0.4, 0.5) is 0 Å². The fourth-order valence-corrected chi connectivity index (χ4v) is 9.00. The van der Waals surface area contributed by atoms with Gasteiger partial charge in [-0.05, 0) is 48.0 Å². The van der Waals surface area contributed by atoms with Gasteiger partial charge in [-0.15, -0.1) is 0 Å². The molecule has 0 radical (unpaired) electrons. The monoisotopic (exact) mass is 792 g/mol. The highest BCUT2D eigenvalue weighted by molar-refractivity contribution is 6.14. The van der Waals surface area contributed by atoms with E-state index in [1.807, 2.05) is 24.3 Å². The first kappa shape index (κ1) is 35.5. The lowest BCUT2D eigenvalue weighted by Gasteiger charge is -2.17. The second-order valence-electron chi connectivity index (χ2n) is 15.4. The Bertz CT molecular complexity index is 3570. The topological polar surface area (TPSA) is 61.4 Å². The van der Waals surface area contributed by atoms with Crippen LogP contribution in [-0.2, 0) is 0 Å². The second kappa shape index (κ2) is 14.7. The summed E-state index contributed by atoms with van der Waals surface area (Å²) in [4.78, 5) is 21.3. The zero-order chi connectivity index (χ0) is 41.0. The first-order valence-corrected chi connectivity index (χ1v) is 20.8. The third-order valence-electron chi connectivity index (χ3n) is 11.8. The summed E-state index contributed by atoms with van der Waals surface area (Å²) in [6.07, 6.45) is 0. The van der Waals surface area contributed by atoms with Crippen molar-refractivity contribution in [3.63, 3.8) is 0 Å². The number of fused-ring (bicyclic) bond motifs is 6. The van der Waals surface area contributed by atoms with Gasteiger partial charge in [-0.25, -0.2) is 9.97 Å². The van der Waals surface area contributed by atoms with Crippen molar-refractivity contribution in [3.05, 3.63) is 218 Å². The van der Waals surface area contributed by atoms with Gasteiger partial charge in [-0.2, -0.15) is 9.97 Å². The van der Waals surface area contributed by atoms with Crippen molar-refractivity contribution in [2.45, 2.75) is 0 Å². The van der Waals surface area contributed by atoms with Gasteiger partial charge < -0.3 is 4.57 Å². The number of nitrogens with zero attached hydrogens (tertiary/aromatic N) is 6. The first-order chi connectivity index (χ1) is 30.8. The molecule has 0 atom stereocenters. The van der Waals surface area contributed by atoms with Gasteiger partial charge in [-0.1, -0.05) is 176 Å². The molecule has 0 N–H and O–H groups in total. The SMILES string of the molecule is c1ccc(-c2cccc(-c3ccc(-c4nc(-c5ccccc5)nc(-n5c6ccccc6c6cccc(-c7ccccc7)c65)n4)cc3-n3c4ccccc4c4ccccc43)n2)cc1. The molecule has 0 unspecified atom stereocenters. The maximum atomic E-state index is 5.43. The fraction of sp³-hybridized carbons (Fsp3) is 0. The molecule has 0 bridgehead atoms. The number of hydrogen-bond donors (Lipinski definition) is 0. The lowest BCUT2D eigenvalue weighted by atomic mass is 10.0. The van der Waals surface area contributed by atoms with Gasteiger partial charge in [0.25, 0.3) is 0 Å². The number of pyridine rings is 1. The zero-order valence-corrected chi connectivity index (χ0v) is 33.5. The molecule has 0 saturated carbocycles. The highest BCUT2D eigenvalue weighted by Gasteiger charge is 2.22. The maximum absolute atomic E-state index is 5.43. The molecule has 0 aliphatic rings. The molecule has 12 rings (SSSR count). The smallest absolute Gasteiger partial charge is 0.238 e. The molecular weight excluding hydrogens is 757 g/mol. The standard InChI is InChI=1S/C56H36N6/c1-4-18-37(19-5-1)41-27-16-28-45-44-26-12-15-33-51(44)62(53(41)45)56-59-54(39-22-8-3-9-23-39)58-55(60-56)40-34-35-46(48-30-17-29-47(57-48)38-20-6-2-7-21-38)52(36-40)61-49-31-13-10-24-42(49)43-25-11-14-32-50(43)61/h1-36H. The number of benzene rings is 8. The van der Waals surface area contributed by atoms with Crippen LogP contribution in [0.3, 0.4) is 0 Å². The number of para-hydroxylation sites is 4. The number of hydrogen-bond acceptors (Lipinski definition) is 4. The summed E-state index contributed by atoms with van der Waals surface area (Å²) in [6, 6.07) is 76.1. The van der Waals surface area contributed by atoms with Crippen molar-refractivity contribution in [3.8, 4) is 68.1 Å². The van der Waals surface area contributed by atoms with E-state index in [4.69, 9.17) is 19.9 Å². The lowest BCUT2D eigenvalue weighted by molar-refractivity contribution is 0.953. The van der Waals surface area contributed by atoms with Crippen LogP contribution in [0.5, 0.6) is 0 Å². The summed E-state index contributed by atoms with van der Waals surface area (Å²) in [6.45, 7) is 0. The first-order valence-electron chi connectivity index (χ1n) is 20.8. The summed E-state index contributed by atoms with van der Waals surface area (Å²) in [5.41, 5.74) is 13.1. The van der Waals surface area contributed by atoms with Crippen LogP contribution in [0.25, 0.3) is 112 Å².